The molecule has 1 heterocycles. The van der Waals surface area contributed by atoms with E-state index in [9.17, 15) is 0 Å². The minimum atomic E-state index is 0.627. The molecule has 4 heteroatoms. The number of ether oxygens (including phenoxy) is 1. The molecule has 20 heavy (non-hydrogen) atoms. The number of nitrogens with one attached hydrogen (secondary N) is 1. The van der Waals surface area contributed by atoms with Crippen molar-refractivity contribution in [3.8, 4) is 11.6 Å². The minimum Gasteiger partial charge on any atom is -0.439 e. The Hall–Kier alpha value is -1.39. The molecule has 0 bridgehead atoms. The maximum atomic E-state index is 5.87. The molecule has 1 N–H and O–H groups in total. The van der Waals surface area contributed by atoms with Gasteiger partial charge in [-0.05, 0) is 49.2 Å². The van der Waals surface area contributed by atoms with E-state index in [1.807, 2.05) is 37.3 Å². The number of hydrogen-bond donors (Lipinski definition) is 1. The van der Waals surface area contributed by atoms with E-state index >= 15 is 0 Å². The molecule has 106 valence electrons. The molecule has 1 aromatic heterocycles. The predicted molar refractivity (Wildman–Crippen MR) is 85.2 cm³/mol. The van der Waals surface area contributed by atoms with E-state index in [0.717, 1.165) is 35.3 Å². The number of halogens is 1. The lowest BCUT2D eigenvalue weighted by Crippen LogP contribution is -2.13. The van der Waals surface area contributed by atoms with Gasteiger partial charge in [0.2, 0.25) is 5.88 Å². The number of hydrogen-bond acceptors (Lipinski definition) is 3. The van der Waals surface area contributed by atoms with Crippen LogP contribution in [0.15, 0.2) is 41.0 Å². The zero-order valence-electron chi connectivity index (χ0n) is 11.8. The highest BCUT2D eigenvalue weighted by atomic mass is 79.9. The fourth-order valence-electron chi connectivity index (χ4n) is 1.82. The second-order valence-electron chi connectivity index (χ2n) is 4.69. The SMILES string of the molecule is CCCNCc1ccnc(Oc2cc(Br)ccc2C)c1. The van der Waals surface area contributed by atoms with Crippen molar-refractivity contribution >= 4 is 15.9 Å². The highest BCUT2D eigenvalue weighted by Gasteiger charge is 2.04. The van der Waals surface area contributed by atoms with E-state index in [4.69, 9.17) is 4.74 Å². The molecule has 0 amide bonds. The first-order valence-corrected chi connectivity index (χ1v) is 7.58. The lowest BCUT2D eigenvalue weighted by atomic mass is 10.2. The summed E-state index contributed by atoms with van der Waals surface area (Å²) in [4.78, 5) is 4.27. The molecule has 0 saturated heterocycles. The van der Waals surface area contributed by atoms with Crippen LogP contribution in [0, 0.1) is 6.92 Å². The summed E-state index contributed by atoms with van der Waals surface area (Å²) in [6, 6.07) is 9.96. The maximum Gasteiger partial charge on any atom is 0.219 e. The summed E-state index contributed by atoms with van der Waals surface area (Å²) < 4.78 is 6.87. The van der Waals surface area contributed by atoms with E-state index in [1.165, 1.54) is 5.56 Å². The summed E-state index contributed by atoms with van der Waals surface area (Å²) in [6.45, 7) is 6.03. The molecule has 0 aliphatic carbocycles. The summed E-state index contributed by atoms with van der Waals surface area (Å²) in [7, 11) is 0. The van der Waals surface area contributed by atoms with Crippen molar-refractivity contribution in [2.45, 2.75) is 26.8 Å². The zero-order chi connectivity index (χ0) is 14.4. The second kappa shape index (κ2) is 7.41. The smallest absolute Gasteiger partial charge is 0.219 e. The molecule has 0 aliphatic heterocycles. The average Bonchev–Trinajstić information content (AvgIpc) is 2.44. The van der Waals surface area contributed by atoms with Gasteiger partial charge >= 0.3 is 0 Å². The number of pyridine rings is 1. The van der Waals surface area contributed by atoms with Crippen LogP contribution in [0.3, 0.4) is 0 Å². The monoisotopic (exact) mass is 334 g/mol. The van der Waals surface area contributed by atoms with Gasteiger partial charge in [0.25, 0.3) is 0 Å². The number of nitrogens with zero attached hydrogens (tertiary/aromatic N) is 1. The average molecular weight is 335 g/mol. The third-order valence-electron chi connectivity index (χ3n) is 2.92. The molecule has 0 radical (unpaired) electrons. The fourth-order valence-corrected chi connectivity index (χ4v) is 2.16. The van der Waals surface area contributed by atoms with Gasteiger partial charge in [-0.1, -0.05) is 28.9 Å². The Morgan fingerprint density at radius 3 is 2.90 bits per heavy atom. The van der Waals surface area contributed by atoms with Crippen molar-refractivity contribution in [2.24, 2.45) is 0 Å². The molecular formula is C16H19BrN2O. The molecule has 0 unspecified atom stereocenters. The Morgan fingerprint density at radius 1 is 1.25 bits per heavy atom. The van der Waals surface area contributed by atoms with Gasteiger partial charge in [-0.25, -0.2) is 4.98 Å². The molecule has 2 rings (SSSR count). The van der Waals surface area contributed by atoms with Gasteiger partial charge in [0.15, 0.2) is 0 Å². The lowest BCUT2D eigenvalue weighted by molar-refractivity contribution is 0.458. The fraction of sp³-hybridized carbons (Fsp3) is 0.312. The van der Waals surface area contributed by atoms with Crippen LogP contribution in [-0.4, -0.2) is 11.5 Å². The van der Waals surface area contributed by atoms with Gasteiger partial charge in [0.05, 0.1) is 0 Å². The summed E-state index contributed by atoms with van der Waals surface area (Å²) in [6.07, 6.45) is 2.91. The first-order chi connectivity index (χ1) is 9.69. The molecular weight excluding hydrogens is 316 g/mol. The van der Waals surface area contributed by atoms with Crippen LogP contribution in [-0.2, 0) is 6.54 Å². The Bertz CT molecular complexity index is 572. The highest BCUT2D eigenvalue weighted by Crippen LogP contribution is 2.27. The minimum absolute atomic E-state index is 0.627. The molecule has 0 fully saturated rings. The Labute approximate surface area is 128 Å². The van der Waals surface area contributed by atoms with Gasteiger partial charge in [-0.3, -0.25) is 0 Å². The third kappa shape index (κ3) is 4.32. The molecule has 0 aliphatic rings. The highest BCUT2D eigenvalue weighted by molar-refractivity contribution is 9.10. The molecule has 0 saturated carbocycles. The van der Waals surface area contributed by atoms with Crippen molar-refractivity contribution in [1.82, 2.24) is 10.3 Å². The molecule has 0 atom stereocenters. The summed E-state index contributed by atoms with van der Waals surface area (Å²) in [5, 5.41) is 3.37. The lowest BCUT2D eigenvalue weighted by Gasteiger charge is -2.09. The van der Waals surface area contributed by atoms with Gasteiger partial charge in [-0.2, -0.15) is 0 Å². The van der Waals surface area contributed by atoms with Crippen molar-refractivity contribution in [1.29, 1.82) is 0 Å². The Morgan fingerprint density at radius 2 is 2.10 bits per heavy atom. The van der Waals surface area contributed by atoms with E-state index in [1.54, 1.807) is 6.20 Å². The van der Waals surface area contributed by atoms with Crippen LogP contribution in [0.4, 0.5) is 0 Å². The van der Waals surface area contributed by atoms with Crippen molar-refractivity contribution in [2.75, 3.05) is 6.54 Å². The Kier molecular flexibility index (Phi) is 5.56. The van der Waals surface area contributed by atoms with E-state index < -0.39 is 0 Å². The molecule has 1 aromatic carbocycles. The van der Waals surface area contributed by atoms with Gasteiger partial charge in [0.1, 0.15) is 5.75 Å². The summed E-state index contributed by atoms with van der Waals surface area (Å²) >= 11 is 3.46. The number of rotatable bonds is 6. The number of aryl methyl sites for hydroxylation is 1. The number of aromatic nitrogens is 1. The van der Waals surface area contributed by atoms with Crippen LogP contribution >= 0.6 is 15.9 Å². The topological polar surface area (TPSA) is 34.2 Å². The van der Waals surface area contributed by atoms with Gasteiger partial charge in [-0.15, -0.1) is 0 Å². The standard InChI is InChI=1S/C16H19BrN2O/c1-3-7-18-11-13-6-8-19-16(9-13)20-15-10-14(17)5-4-12(15)2/h4-6,8-10,18H,3,7,11H2,1-2H3. The normalized spacial score (nSPS) is 10.6. The summed E-state index contributed by atoms with van der Waals surface area (Å²) in [5.41, 5.74) is 2.26. The first-order valence-electron chi connectivity index (χ1n) is 6.78. The third-order valence-corrected chi connectivity index (χ3v) is 3.41. The van der Waals surface area contributed by atoms with Crippen LogP contribution in [0.5, 0.6) is 11.6 Å². The molecule has 2 aromatic rings. The van der Waals surface area contributed by atoms with Crippen molar-refractivity contribution < 1.29 is 4.74 Å². The van der Waals surface area contributed by atoms with Crippen LogP contribution < -0.4 is 10.1 Å². The Balaban J connectivity index is 2.09. The van der Waals surface area contributed by atoms with Crippen molar-refractivity contribution in [3.63, 3.8) is 0 Å². The van der Waals surface area contributed by atoms with E-state index in [0.29, 0.717) is 5.88 Å². The van der Waals surface area contributed by atoms with E-state index in [2.05, 4.69) is 33.2 Å². The maximum absolute atomic E-state index is 5.87. The summed E-state index contributed by atoms with van der Waals surface area (Å²) in [5.74, 6) is 1.45. The van der Waals surface area contributed by atoms with Gasteiger partial charge < -0.3 is 10.1 Å². The molecule has 0 spiro atoms. The van der Waals surface area contributed by atoms with Crippen LogP contribution in [0.1, 0.15) is 24.5 Å². The zero-order valence-corrected chi connectivity index (χ0v) is 13.4. The quantitative estimate of drug-likeness (QED) is 0.792. The van der Waals surface area contributed by atoms with Gasteiger partial charge in [0, 0.05) is 23.3 Å². The predicted octanol–water partition coefficient (Wildman–Crippen LogP) is 4.44. The second-order valence-corrected chi connectivity index (χ2v) is 5.61. The van der Waals surface area contributed by atoms with Crippen LogP contribution in [0.25, 0.3) is 0 Å². The number of benzene rings is 1. The van der Waals surface area contributed by atoms with E-state index in [-0.39, 0.29) is 0 Å². The van der Waals surface area contributed by atoms with Crippen molar-refractivity contribution in [3.05, 3.63) is 52.1 Å². The first kappa shape index (κ1) is 15.0. The largest absolute Gasteiger partial charge is 0.439 e. The molecule has 3 nitrogen and oxygen atoms in total. The van der Waals surface area contributed by atoms with Crippen LogP contribution in [0.2, 0.25) is 0 Å².